The summed E-state index contributed by atoms with van der Waals surface area (Å²) in [5.41, 5.74) is 3.67. The van der Waals surface area contributed by atoms with Gasteiger partial charge in [-0.25, -0.2) is 9.97 Å². The molecule has 1 unspecified atom stereocenters. The first-order valence-electron chi connectivity index (χ1n) is 7.96. The molecule has 4 rings (SSSR count). The van der Waals surface area contributed by atoms with E-state index in [4.69, 9.17) is 4.74 Å². The van der Waals surface area contributed by atoms with Crippen LogP contribution >= 0.6 is 0 Å². The lowest BCUT2D eigenvalue weighted by Gasteiger charge is -2.20. The van der Waals surface area contributed by atoms with Gasteiger partial charge in [0.25, 0.3) is 0 Å². The molecule has 0 N–H and O–H groups in total. The average molecular weight is 296 g/mol. The summed E-state index contributed by atoms with van der Waals surface area (Å²) in [5.74, 6) is 2.06. The van der Waals surface area contributed by atoms with Crippen LogP contribution in [0, 0.1) is 6.92 Å². The zero-order valence-corrected chi connectivity index (χ0v) is 12.8. The van der Waals surface area contributed by atoms with Gasteiger partial charge >= 0.3 is 0 Å². The van der Waals surface area contributed by atoms with Crippen molar-refractivity contribution in [2.45, 2.75) is 38.7 Å². The number of pyridine rings is 1. The van der Waals surface area contributed by atoms with Gasteiger partial charge in [0, 0.05) is 42.2 Å². The molecule has 114 valence electrons. The van der Waals surface area contributed by atoms with Crippen LogP contribution in [-0.4, -0.2) is 34.1 Å². The summed E-state index contributed by atoms with van der Waals surface area (Å²) in [6.45, 7) is 3.93. The van der Waals surface area contributed by atoms with Crippen LogP contribution in [0.15, 0.2) is 24.8 Å². The van der Waals surface area contributed by atoms with Crippen LogP contribution in [0.3, 0.4) is 0 Å². The van der Waals surface area contributed by atoms with Gasteiger partial charge in [0.15, 0.2) is 0 Å². The Kier molecular flexibility index (Phi) is 3.41. The Labute approximate surface area is 130 Å². The summed E-state index contributed by atoms with van der Waals surface area (Å²) in [6, 6.07) is 1.94. The number of rotatable bonds is 3. The van der Waals surface area contributed by atoms with E-state index in [0.29, 0.717) is 0 Å². The summed E-state index contributed by atoms with van der Waals surface area (Å²) < 4.78 is 6.15. The van der Waals surface area contributed by atoms with Gasteiger partial charge in [0.1, 0.15) is 24.0 Å². The first-order chi connectivity index (χ1) is 10.8. The average Bonchev–Trinajstić information content (AvgIpc) is 3.18. The third-order valence-electron chi connectivity index (χ3n) is 4.56. The molecule has 1 fully saturated rings. The van der Waals surface area contributed by atoms with Crippen molar-refractivity contribution in [1.29, 1.82) is 0 Å². The maximum absolute atomic E-state index is 6.15. The summed E-state index contributed by atoms with van der Waals surface area (Å²) >= 11 is 0. The summed E-state index contributed by atoms with van der Waals surface area (Å²) in [4.78, 5) is 15.4. The van der Waals surface area contributed by atoms with Gasteiger partial charge < -0.3 is 9.64 Å². The number of aromatic nitrogens is 3. The lowest BCUT2D eigenvalue weighted by molar-refractivity contribution is 0.223. The molecular weight excluding hydrogens is 276 g/mol. The molecule has 1 atom stereocenters. The summed E-state index contributed by atoms with van der Waals surface area (Å²) in [6.07, 6.45) is 9.98. The fourth-order valence-electron chi connectivity index (χ4n) is 3.40. The Balaban J connectivity index is 1.49. The quantitative estimate of drug-likeness (QED) is 0.870. The van der Waals surface area contributed by atoms with Crippen molar-refractivity contribution in [2.24, 2.45) is 0 Å². The van der Waals surface area contributed by atoms with Crippen LogP contribution in [0.5, 0.6) is 5.75 Å². The van der Waals surface area contributed by atoms with Gasteiger partial charge in [0.05, 0.1) is 6.54 Å². The van der Waals surface area contributed by atoms with Gasteiger partial charge in [-0.2, -0.15) is 0 Å². The molecule has 1 aliphatic carbocycles. The minimum Gasteiger partial charge on any atom is -0.488 e. The minimum atomic E-state index is 0.216. The van der Waals surface area contributed by atoms with E-state index in [1.54, 1.807) is 12.5 Å². The van der Waals surface area contributed by atoms with Crippen LogP contribution in [-0.2, 0) is 12.8 Å². The highest BCUT2D eigenvalue weighted by atomic mass is 16.5. The van der Waals surface area contributed by atoms with Gasteiger partial charge in [-0.05, 0) is 32.3 Å². The van der Waals surface area contributed by atoms with Crippen LogP contribution in [0.1, 0.15) is 29.7 Å². The fourth-order valence-corrected chi connectivity index (χ4v) is 3.40. The summed E-state index contributed by atoms with van der Waals surface area (Å²) in [7, 11) is 0. The number of hydrogen-bond acceptors (Lipinski definition) is 5. The Morgan fingerprint density at radius 3 is 3.14 bits per heavy atom. The molecule has 3 heterocycles. The van der Waals surface area contributed by atoms with Crippen molar-refractivity contribution in [3.8, 4) is 5.75 Å². The van der Waals surface area contributed by atoms with Crippen molar-refractivity contribution in [3.63, 3.8) is 0 Å². The highest BCUT2D eigenvalue weighted by Crippen LogP contribution is 2.31. The third-order valence-corrected chi connectivity index (χ3v) is 4.56. The number of ether oxygens (including phenoxy) is 1. The van der Waals surface area contributed by atoms with Crippen LogP contribution in [0.2, 0.25) is 0 Å². The van der Waals surface area contributed by atoms with Crippen molar-refractivity contribution in [1.82, 2.24) is 15.0 Å². The van der Waals surface area contributed by atoms with Crippen molar-refractivity contribution in [2.75, 3.05) is 18.0 Å². The second-order valence-electron chi connectivity index (χ2n) is 6.09. The standard InChI is InChI=1S/C17H20N4O/c1-12-9-18-7-5-16(12)22-13-6-8-21(10-13)17-14-3-2-4-15(14)19-11-20-17/h5,7,9,11,13H,2-4,6,8,10H2,1H3. The Hall–Kier alpha value is -2.17. The molecule has 2 aromatic heterocycles. The van der Waals surface area contributed by atoms with Crippen LogP contribution in [0.4, 0.5) is 5.82 Å². The molecule has 0 bridgehead atoms. The number of fused-ring (bicyclic) bond motifs is 1. The second-order valence-corrected chi connectivity index (χ2v) is 6.09. The zero-order chi connectivity index (χ0) is 14.9. The van der Waals surface area contributed by atoms with Crippen LogP contribution < -0.4 is 9.64 Å². The number of aryl methyl sites for hydroxylation is 2. The van der Waals surface area contributed by atoms with E-state index in [1.807, 2.05) is 19.2 Å². The predicted octanol–water partition coefficient (Wildman–Crippen LogP) is 2.33. The maximum atomic E-state index is 6.15. The van der Waals surface area contributed by atoms with Crippen molar-refractivity contribution >= 4 is 5.82 Å². The molecular formula is C17H20N4O. The normalized spacial score (nSPS) is 20.2. The molecule has 0 aromatic carbocycles. The molecule has 0 saturated carbocycles. The Morgan fingerprint density at radius 1 is 1.27 bits per heavy atom. The fraction of sp³-hybridized carbons (Fsp3) is 0.471. The van der Waals surface area contributed by atoms with E-state index >= 15 is 0 Å². The lowest BCUT2D eigenvalue weighted by Crippen LogP contribution is -2.26. The molecule has 0 spiro atoms. The van der Waals surface area contributed by atoms with E-state index in [-0.39, 0.29) is 6.10 Å². The van der Waals surface area contributed by atoms with E-state index in [0.717, 1.165) is 49.5 Å². The van der Waals surface area contributed by atoms with E-state index in [1.165, 1.54) is 17.7 Å². The molecule has 1 saturated heterocycles. The molecule has 0 radical (unpaired) electrons. The number of nitrogens with zero attached hydrogens (tertiary/aromatic N) is 4. The van der Waals surface area contributed by atoms with Crippen molar-refractivity contribution in [3.05, 3.63) is 41.6 Å². The predicted molar refractivity (Wildman–Crippen MR) is 84.3 cm³/mol. The smallest absolute Gasteiger partial charge is 0.135 e. The topological polar surface area (TPSA) is 51.1 Å². The molecule has 5 nitrogen and oxygen atoms in total. The summed E-state index contributed by atoms with van der Waals surface area (Å²) in [5, 5.41) is 0. The SMILES string of the molecule is Cc1cnccc1OC1CCN(c2ncnc3c2CCC3)C1. The number of hydrogen-bond donors (Lipinski definition) is 0. The second kappa shape index (κ2) is 5.55. The first-order valence-corrected chi connectivity index (χ1v) is 7.96. The Bertz CT molecular complexity index is 688. The largest absolute Gasteiger partial charge is 0.488 e. The van der Waals surface area contributed by atoms with E-state index in [9.17, 15) is 0 Å². The van der Waals surface area contributed by atoms with Crippen LogP contribution in [0.25, 0.3) is 0 Å². The third kappa shape index (κ3) is 2.40. The first kappa shape index (κ1) is 13.5. The molecule has 2 aromatic rings. The minimum absolute atomic E-state index is 0.216. The molecule has 2 aliphatic rings. The van der Waals surface area contributed by atoms with Gasteiger partial charge in [-0.3, -0.25) is 4.98 Å². The van der Waals surface area contributed by atoms with Crippen molar-refractivity contribution < 1.29 is 4.74 Å². The zero-order valence-electron chi connectivity index (χ0n) is 12.8. The molecule has 22 heavy (non-hydrogen) atoms. The highest BCUT2D eigenvalue weighted by Gasteiger charge is 2.29. The molecule has 1 aliphatic heterocycles. The van der Waals surface area contributed by atoms with E-state index < -0.39 is 0 Å². The lowest BCUT2D eigenvalue weighted by atomic mass is 10.2. The molecule has 0 amide bonds. The highest BCUT2D eigenvalue weighted by molar-refractivity contribution is 5.51. The Morgan fingerprint density at radius 2 is 2.23 bits per heavy atom. The van der Waals surface area contributed by atoms with Gasteiger partial charge in [-0.1, -0.05) is 0 Å². The molecule has 5 heteroatoms. The number of anilines is 1. The van der Waals surface area contributed by atoms with Gasteiger partial charge in [-0.15, -0.1) is 0 Å². The monoisotopic (exact) mass is 296 g/mol. The van der Waals surface area contributed by atoms with Gasteiger partial charge in [0.2, 0.25) is 0 Å². The maximum Gasteiger partial charge on any atom is 0.135 e. The van der Waals surface area contributed by atoms with E-state index in [2.05, 4.69) is 19.9 Å².